The number of primary amides is 1. The monoisotopic (exact) mass is 525 g/mol. The molecule has 7 nitrogen and oxygen atoms in total. The summed E-state index contributed by atoms with van der Waals surface area (Å²) in [5.41, 5.74) is 9.19. The highest BCUT2D eigenvalue weighted by atomic mass is 19.1. The topological polar surface area (TPSA) is 91.6 Å². The van der Waals surface area contributed by atoms with Crippen LogP contribution in [-0.4, -0.2) is 58.4 Å². The van der Waals surface area contributed by atoms with Crippen molar-refractivity contribution in [1.82, 2.24) is 14.8 Å². The number of rotatable bonds is 12. The van der Waals surface area contributed by atoms with Crippen LogP contribution in [0.2, 0.25) is 0 Å². The van der Waals surface area contributed by atoms with E-state index < -0.39 is 5.91 Å². The molecule has 2 heterocycles. The Bertz CT molecular complexity index is 1040. The molecule has 1 fully saturated rings. The minimum Gasteiger partial charge on any atom is -0.366 e. The number of anilines is 1. The van der Waals surface area contributed by atoms with E-state index in [4.69, 9.17) is 5.73 Å². The molecule has 1 aromatic heterocycles. The van der Waals surface area contributed by atoms with Crippen molar-refractivity contribution in [3.8, 4) is 0 Å². The summed E-state index contributed by atoms with van der Waals surface area (Å²) < 4.78 is 13.3. The zero-order valence-electron chi connectivity index (χ0n) is 23.4. The number of likely N-dealkylation sites (tertiary alicyclic amines) is 1. The standard InChI is InChI=1S/C30H44FN5O2/c1-5-6-7-8-17-36(30(38)34-25-13-10-24(31)11-14-25)27-15-18-35(19-16-27)22(3)9-12-26-20-21(2)28(29(32)37)23(4)33-26/h10-11,13-14,20,22,27H,5-9,12,15-19H2,1-4H3,(H2,32,37)(H,34,38)/t22-/m1/s1. The molecule has 0 bridgehead atoms. The predicted octanol–water partition coefficient (Wildman–Crippen LogP) is 5.84. The number of unbranched alkanes of at least 4 members (excludes halogenated alkanes) is 3. The predicted molar refractivity (Wildman–Crippen MR) is 151 cm³/mol. The molecule has 0 unspecified atom stereocenters. The SMILES string of the molecule is CCCCCCN(C(=O)Nc1ccc(F)cc1)C1CCN([C@H](C)CCc2cc(C)c(C(N)=O)c(C)n2)CC1. The lowest BCUT2D eigenvalue weighted by atomic mass is 9.99. The molecular formula is C30H44FN5O2. The third-order valence-corrected chi connectivity index (χ3v) is 7.69. The number of nitrogens with one attached hydrogen (secondary N) is 1. The van der Waals surface area contributed by atoms with Gasteiger partial charge in [-0.05, 0) is 88.8 Å². The first kappa shape index (κ1) is 29.6. The molecule has 2 aromatic rings. The molecule has 0 aliphatic carbocycles. The number of nitrogens with two attached hydrogens (primary N) is 1. The van der Waals surface area contributed by atoms with Gasteiger partial charge in [0.15, 0.2) is 0 Å². The van der Waals surface area contributed by atoms with Gasteiger partial charge in [-0.25, -0.2) is 9.18 Å². The van der Waals surface area contributed by atoms with Crippen LogP contribution in [0.4, 0.5) is 14.9 Å². The number of amides is 3. The van der Waals surface area contributed by atoms with Crippen LogP contribution in [0.5, 0.6) is 0 Å². The Kier molecular flexibility index (Phi) is 11.1. The quantitative estimate of drug-likeness (QED) is 0.341. The highest BCUT2D eigenvalue weighted by Crippen LogP contribution is 2.23. The lowest BCUT2D eigenvalue weighted by Crippen LogP contribution is -2.50. The first-order valence-corrected chi connectivity index (χ1v) is 14.0. The number of aromatic nitrogens is 1. The van der Waals surface area contributed by atoms with Crippen molar-refractivity contribution < 1.29 is 14.0 Å². The van der Waals surface area contributed by atoms with E-state index in [0.717, 1.165) is 75.8 Å². The van der Waals surface area contributed by atoms with Gasteiger partial charge in [-0.3, -0.25) is 9.78 Å². The van der Waals surface area contributed by atoms with E-state index in [1.54, 1.807) is 12.1 Å². The van der Waals surface area contributed by atoms with E-state index in [1.165, 1.54) is 18.6 Å². The van der Waals surface area contributed by atoms with Crippen molar-refractivity contribution in [3.63, 3.8) is 0 Å². The molecule has 8 heteroatoms. The van der Waals surface area contributed by atoms with E-state index in [1.807, 2.05) is 24.8 Å². The minimum absolute atomic E-state index is 0.101. The van der Waals surface area contributed by atoms with Gasteiger partial charge in [-0.1, -0.05) is 26.2 Å². The molecule has 208 valence electrons. The average Bonchev–Trinajstić information content (AvgIpc) is 2.88. The van der Waals surface area contributed by atoms with Gasteiger partial charge in [0.05, 0.1) is 11.3 Å². The number of pyridine rings is 1. The second kappa shape index (κ2) is 14.2. The Morgan fingerprint density at radius 3 is 2.45 bits per heavy atom. The van der Waals surface area contributed by atoms with Crippen LogP contribution in [0.3, 0.4) is 0 Å². The van der Waals surface area contributed by atoms with Crippen LogP contribution in [0.15, 0.2) is 30.3 Å². The van der Waals surface area contributed by atoms with E-state index in [0.29, 0.717) is 23.0 Å². The molecule has 3 rings (SSSR count). The van der Waals surface area contributed by atoms with Gasteiger partial charge >= 0.3 is 6.03 Å². The second-order valence-corrected chi connectivity index (χ2v) is 10.6. The summed E-state index contributed by atoms with van der Waals surface area (Å²) in [5.74, 6) is -0.745. The van der Waals surface area contributed by atoms with Crippen LogP contribution in [-0.2, 0) is 6.42 Å². The smallest absolute Gasteiger partial charge is 0.322 e. The fraction of sp³-hybridized carbons (Fsp3) is 0.567. The molecule has 0 spiro atoms. The van der Waals surface area contributed by atoms with Gasteiger partial charge in [-0.2, -0.15) is 0 Å². The summed E-state index contributed by atoms with van der Waals surface area (Å²) in [6.45, 7) is 10.8. The van der Waals surface area contributed by atoms with Gasteiger partial charge in [0.25, 0.3) is 5.91 Å². The normalized spacial score (nSPS) is 15.3. The van der Waals surface area contributed by atoms with E-state index >= 15 is 0 Å². The van der Waals surface area contributed by atoms with Crippen molar-refractivity contribution in [2.45, 2.75) is 91.1 Å². The Labute approximate surface area is 227 Å². The number of hydrogen-bond donors (Lipinski definition) is 2. The van der Waals surface area contributed by atoms with Crippen LogP contribution in [0.25, 0.3) is 0 Å². The number of nitrogens with zero attached hydrogens (tertiary/aromatic N) is 3. The summed E-state index contributed by atoms with van der Waals surface area (Å²) in [6.07, 6.45) is 8.09. The number of carbonyl (C=O) groups excluding carboxylic acids is 2. The highest BCUT2D eigenvalue weighted by molar-refractivity contribution is 5.95. The molecule has 1 aromatic carbocycles. The Balaban J connectivity index is 1.55. The fourth-order valence-corrected chi connectivity index (χ4v) is 5.48. The van der Waals surface area contributed by atoms with E-state index in [-0.39, 0.29) is 17.9 Å². The molecule has 1 atom stereocenters. The van der Waals surface area contributed by atoms with E-state index in [2.05, 4.69) is 29.0 Å². The molecule has 0 saturated carbocycles. The lowest BCUT2D eigenvalue weighted by Gasteiger charge is -2.41. The number of carbonyl (C=O) groups is 2. The zero-order chi connectivity index (χ0) is 27.7. The van der Waals surface area contributed by atoms with Crippen LogP contribution in [0, 0.1) is 19.7 Å². The third-order valence-electron chi connectivity index (χ3n) is 7.69. The van der Waals surface area contributed by atoms with Gasteiger partial charge in [0, 0.05) is 43.1 Å². The number of benzene rings is 1. The second-order valence-electron chi connectivity index (χ2n) is 10.6. The molecule has 3 amide bonds. The Hall–Kier alpha value is -3.00. The summed E-state index contributed by atoms with van der Waals surface area (Å²) in [6, 6.07) is 8.39. The van der Waals surface area contributed by atoms with Gasteiger partial charge in [0.1, 0.15) is 5.82 Å². The number of hydrogen-bond acceptors (Lipinski definition) is 4. The Morgan fingerprint density at radius 1 is 1.16 bits per heavy atom. The van der Waals surface area contributed by atoms with Crippen LogP contribution in [0.1, 0.15) is 86.1 Å². The molecule has 1 aliphatic heterocycles. The van der Waals surface area contributed by atoms with Crippen molar-refractivity contribution in [2.75, 3.05) is 25.0 Å². The maximum Gasteiger partial charge on any atom is 0.322 e. The maximum atomic E-state index is 13.3. The molecule has 38 heavy (non-hydrogen) atoms. The molecular weight excluding hydrogens is 481 g/mol. The fourth-order valence-electron chi connectivity index (χ4n) is 5.48. The maximum absolute atomic E-state index is 13.3. The van der Waals surface area contributed by atoms with Crippen molar-refractivity contribution in [3.05, 3.63) is 58.7 Å². The summed E-state index contributed by atoms with van der Waals surface area (Å²) >= 11 is 0. The van der Waals surface area contributed by atoms with E-state index in [9.17, 15) is 14.0 Å². The van der Waals surface area contributed by atoms with Crippen LogP contribution >= 0.6 is 0 Å². The third kappa shape index (κ3) is 8.25. The van der Waals surface area contributed by atoms with Crippen molar-refractivity contribution >= 4 is 17.6 Å². The van der Waals surface area contributed by atoms with Gasteiger partial charge in [0.2, 0.25) is 0 Å². The number of halogens is 1. The van der Waals surface area contributed by atoms with Crippen molar-refractivity contribution in [2.24, 2.45) is 5.73 Å². The molecule has 0 radical (unpaired) electrons. The average molecular weight is 526 g/mol. The molecule has 1 aliphatic rings. The number of aryl methyl sites for hydroxylation is 3. The largest absolute Gasteiger partial charge is 0.366 e. The summed E-state index contributed by atoms with van der Waals surface area (Å²) in [5, 5.41) is 2.97. The number of urea groups is 1. The molecule has 3 N–H and O–H groups in total. The van der Waals surface area contributed by atoms with Gasteiger partial charge < -0.3 is 20.9 Å². The molecule has 1 saturated heterocycles. The minimum atomic E-state index is -0.430. The summed E-state index contributed by atoms with van der Waals surface area (Å²) in [4.78, 5) is 34.0. The van der Waals surface area contributed by atoms with Crippen molar-refractivity contribution in [1.29, 1.82) is 0 Å². The first-order valence-electron chi connectivity index (χ1n) is 14.0. The van der Waals surface area contributed by atoms with Gasteiger partial charge in [-0.15, -0.1) is 0 Å². The lowest BCUT2D eigenvalue weighted by molar-refractivity contribution is 0.0995. The first-order chi connectivity index (χ1) is 18.2. The summed E-state index contributed by atoms with van der Waals surface area (Å²) in [7, 11) is 0. The number of piperidine rings is 1. The van der Waals surface area contributed by atoms with Crippen LogP contribution < -0.4 is 11.1 Å². The Morgan fingerprint density at radius 2 is 1.84 bits per heavy atom. The highest BCUT2D eigenvalue weighted by Gasteiger charge is 2.29. The zero-order valence-corrected chi connectivity index (χ0v) is 23.4.